The van der Waals surface area contributed by atoms with Gasteiger partial charge >= 0.3 is 0 Å². The van der Waals surface area contributed by atoms with E-state index < -0.39 is 0 Å². The molecule has 2 aromatic carbocycles. The monoisotopic (exact) mass is 308 g/mol. The van der Waals surface area contributed by atoms with E-state index in [9.17, 15) is 4.79 Å². The molecule has 1 N–H and O–H groups in total. The first kappa shape index (κ1) is 16.5. The van der Waals surface area contributed by atoms with Crippen LogP contribution in [0.15, 0.2) is 65.8 Å². The van der Waals surface area contributed by atoms with Crippen LogP contribution >= 0.6 is 0 Å². The maximum Gasteiger partial charge on any atom is 0.277 e. The second kappa shape index (κ2) is 8.54. The van der Waals surface area contributed by atoms with Crippen LogP contribution in [0.2, 0.25) is 0 Å². The average Bonchev–Trinajstić information content (AvgIpc) is 2.58. The molecule has 4 heteroatoms. The van der Waals surface area contributed by atoms with Gasteiger partial charge < -0.3 is 4.74 Å². The van der Waals surface area contributed by atoms with Crippen LogP contribution in [-0.4, -0.2) is 18.2 Å². The summed E-state index contributed by atoms with van der Waals surface area (Å²) in [7, 11) is 0. The largest absolute Gasteiger partial charge is 0.484 e. The number of benzene rings is 2. The summed E-state index contributed by atoms with van der Waals surface area (Å²) < 4.78 is 5.39. The van der Waals surface area contributed by atoms with E-state index in [4.69, 9.17) is 4.74 Å². The van der Waals surface area contributed by atoms with Gasteiger partial charge in [-0.1, -0.05) is 54.1 Å². The number of ether oxygens (including phenoxy) is 1. The summed E-state index contributed by atoms with van der Waals surface area (Å²) in [5, 5.41) is 4.02. The minimum atomic E-state index is -0.293. The van der Waals surface area contributed by atoms with Crippen LogP contribution in [0, 0.1) is 6.92 Å². The van der Waals surface area contributed by atoms with Gasteiger partial charge in [0.15, 0.2) is 6.61 Å². The third-order valence-corrected chi connectivity index (χ3v) is 3.06. The highest BCUT2D eigenvalue weighted by molar-refractivity contribution is 5.97. The number of amides is 1. The Hall–Kier alpha value is -2.88. The molecule has 0 aliphatic heterocycles. The van der Waals surface area contributed by atoms with Crippen molar-refractivity contribution in [2.45, 2.75) is 13.8 Å². The van der Waals surface area contributed by atoms with Gasteiger partial charge in [-0.2, -0.15) is 5.10 Å². The molecule has 0 aromatic heterocycles. The number of aryl methyl sites for hydroxylation is 1. The Morgan fingerprint density at radius 3 is 2.52 bits per heavy atom. The molecule has 0 unspecified atom stereocenters. The molecule has 0 saturated carbocycles. The second-order valence-electron chi connectivity index (χ2n) is 5.13. The van der Waals surface area contributed by atoms with Crippen molar-refractivity contribution in [1.82, 2.24) is 5.43 Å². The van der Waals surface area contributed by atoms with Crippen LogP contribution in [0.25, 0.3) is 6.08 Å². The molecule has 118 valence electrons. The molecular weight excluding hydrogens is 288 g/mol. The van der Waals surface area contributed by atoms with Crippen LogP contribution < -0.4 is 10.2 Å². The van der Waals surface area contributed by atoms with Gasteiger partial charge in [-0.05, 0) is 37.6 Å². The lowest BCUT2D eigenvalue weighted by Crippen LogP contribution is -2.25. The molecule has 4 nitrogen and oxygen atoms in total. The number of hydrogen-bond donors (Lipinski definition) is 1. The maximum absolute atomic E-state index is 11.7. The van der Waals surface area contributed by atoms with E-state index >= 15 is 0 Å². The number of rotatable bonds is 6. The van der Waals surface area contributed by atoms with E-state index in [2.05, 4.69) is 10.5 Å². The summed E-state index contributed by atoms with van der Waals surface area (Å²) in [6, 6.07) is 17.4. The zero-order valence-corrected chi connectivity index (χ0v) is 13.3. The lowest BCUT2D eigenvalue weighted by molar-refractivity contribution is -0.123. The normalized spacial score (nSPS) is 11.5. The van der Waals surface area contributed by atoms with Crippen LogP contribution in [0.3, 0.4) is 0 Å². The Balaban J connectivity index is 1.78. The van der Waals surface area contributed by atoms with Gasteiger partial charge in [0.1, 0.15) is 5.75 Å². The van der Waals surface area contributed by atoms with Crippen molar-refractivity contribution in [3.05, 3.63) is 71.8 Å². The van der Waals surface area contributed by atoms with Crippen molar-refractivity contribution in [1.29, 1.82) is 0 Å². The highest BCUT2D eigenvalue weighted by Gasteiger charge is 2.01. The lowest BCUT2D eigenvalue weighted by Gasteiger charge is -2.05. The lowest BCUT2D eigenvalue weighted by atomic mass is 10.2. The maximum atomic E-state index is 11.7. The number of nitrogens with zero attached hydrogens (tertiary/aromatic N) is 1. The molecule has 1 amide bonds. The van der Waals surface area contributed by atoms with Crippen LogP contribution in [0.1, 0.15) is 18.1 Å². The highest BCUT2D eigenvalue weighted by atomic mass is 16.5. The van der Waals surface area contributed by atoms with Gasteiger partial charge in [0.2, 0.25) is 0 Å². The van der Waals surface area contributed by atoms with Crippen molar-refractivity contribution in [3.8, 4) is 5.75 Å². The average molecular weight is 308 g/mol. The Kier molecular flexibility index (Phi) is 6.12. The number of hydrogen-bond acceptors (Lipinski definition) is 3. The molecule has 0 fully saturated rings. The third-order valence-electron chi connectivity index (χ3n) is 3.06. The Morgan fingerprint density at radius 2 is 1.83 bits per heavy atom. The molecule has 0 aliphatic rings. The van der Waals surface area contributed by atoms with Gasteiger partial charge in [-0.15, -0.1) is 0 Å². The zero-order valence-electron chi connectivity index (χ0n) is 13.3. The number of allylic oxidation sites excluding steroid dienone is 1. The fourth-order valence-electron chi connectivity index (χ4n) is 1.78. The first-order valence-electron chi connectivity index (χ1n) is 7.39. The molecule has 0 spiro atoms. The molecule has 0 atom stereocenters. The fourth-order valence-corrected chi connectivity index (χ4v) is 1.78. The quantitative estimate of drug-likeness (QED) is 0.655. The first-order chi connectivity index (χ1) is 11.1. The van der Waals surface area contributed by atoms with Crippen LogP contribution in [0.5, 0.6) is 5.75 Å². The minimum absolute atomic E-state index is 0.0672. The standard InChI is InChI=1S/C19H20N2O2/c1-15-8-12-18(13-9-15)23-14-19(22)21-20-16(2)10-11-17-6-4-3-5-7-17/h3-13H,14H2,1-2H3,(H,21,22)/b11-10+,20-16+. The van der Waals surface area contributed by atoms with E-state index in [0.29, 0.717) is 11.5 Å². The Labute approximate surface area is 136 Å². The Bertz CT molecular complexity index is 689. The Morgan fingerprint density at radius 1 is 1.13 bits per heavy atom. The summed E-state index contributed by atoms with van der Waals surface area (Å²) in [4.78, 5) is 11.7. The van der Waals surface area contributed by atoms with Crippen molar-refractivity contribution in [2.75, 3.05) is 6.61 Å². The summed E-state index contributed by atoms with van der Waals surface area (Å²) in [5.41, 5.74) is 5.40. The molecule has 0 radical (unpaired) electrons. The molecule has 0 aliphatic carbocycles. The minimum Gasteiger partial charge on any atom is -0.484 e. The molecule has 0 heterocycles. The summed E-state index contributed by atoms with van der Waals surface area (Å²) >= 11 is 0. The van der Waals surface area contributed by atoms with Gasteiger partial charge in [0, 0.05) is 0 Å². The molecular formula is C19H20N2O2. The third kappa shape index (κ3) is 6.18. The zero-order chi connectivity index (χ0) is 16.5. The van der Waals surface area contributed by atoms with Gasteiger partial charge in [0.25, 0.3) is 5.91 Å². The predicted octanol–water partition coefficient (Wildman–Crippen LogP) is 3.58. The van der Waals surface area contributed by atoms with Crippen LogP contribution in [-0.2, 0) is 4.79 Å². The van der Waals surface area contributed by atoms with Crippen molar-refractivity contribution >= 4 is 17.7 Å². The fraction of sp³-hybridized carbons (Fsp3) is 0.158. The van der Waals surface area contributed by atoms with E-state index in [1.54, 1.807) is 0 Å². The van der Waals surface area contributed by atoms with Crippen LogP contribution in [0.4, 0.5) is 0 Å². The van der Waals surface area contributed by atoms with E-state index in [1.165, 1.54) is 0 Å². The summed E-state index contributed by atoms with van der Waals surface area (Å²) in [5.74, 6) is 0.369. The second-order valence-corrected chi connectivity index (χ2v) is 5.13. The summed E-state index contributed by atoms with van der Waals surface area (Å²) in [6.07, 6.45) is 3.78. The first-order valence-corrected chi connectivity index (χ1v) is 7.39. The molecule has 2 rings (SSSR count). The van der Waals surface area contributed by atoms with E-state index in [0.717, 1.165) is 11.1 Å². The van der Waals surface area contributed by atoms with Crippen molar-refractivity contribution < 1.29 is 9.53 Å². The molecule has 0 saturated heterocycles. The van der Waals surface area contributed by atoms with E-state index in [-0.39, 0.29) is 12.5 Å². The summed E-state index contributed by atoms with van der Waals surface area (Å²) in [6.45, 7) is 3.75. The topological polar surface area (TPSA) is 50.7 Å². The van der Waals surface area contributed by atoms with Gasteiger partial charge in [0.05, 0.1) is 5.71 Å². The van der Waals surface area contributed by atoms with E-state index in [1.807, 2.05) is 80.6 Å². The SMILES string of the molecule is CC(/C=C/c1ccccc1)=N\NC(=O)COc1ccc(C)cc1. The number of nitrogens with one attached hydrogen (secondary N) is 1. The number of carbonyl (C=O) groups excluding carboxylic acids is 1. The molecule has 2 aromatic rings. The highest BCUT2D eigenvalue weighted by Crippen LogP contribution is 2.10. The van der Waals surface area contributed by atoms with Gasteiger partial charge in [-0.3, -0.25) is 4.79 Å². The smallest absolute Gasteiger partial charge is 0.277 e. The molecule has 0 bridgehead atoms. The molecule has 23 heavy (non-hydrogen) atoms. The number of carbonyl (C=O) groups is 1. The van der Waals surface area contributed by atoms with Crippen molar-refractivity contribution in [2.24, 2.45) is 5.10 Å². The van der Waals surface area contributed by atoms with Gasteiger partial charge in [-0.25, -0.2) is 5.43 Å². The van der Waals surface area contributed by atoms with Crippen molar-refractivity contribution in [3.63, 3.8) is 0 Å². The predicted molar refractivity (Wildman–Crippen MR) is 93.4 cm³/mol. The number of hydrazone groups is 1.